The molecule has 2 aromatic carbocycles. The maximum Gasteiger partial charge on any atom is 0.347 e. The molecule has 8 nitrogen and oxygen atoms in total. The quantitative estimate of drug-likeness (QED) is 0.518. The van der Waals surface area contributed by atoms with Gasteiger partial charge in [0.1, 0.15) is 5.75 Å². The molecular weight excluding hydrogens is 396 g/mol. The van der Waals surface area contributed by atoms with Crippen LogP contribution in [0.2, 0.25) is 0 Å². The standard InChI is InChI=1S/C20H20N2O6S/c1-13(19(23)16-6-8-17(9-7-16)22-29(3,25)26)28-20(24)14(2)27-18-10-4-15(12-21)5-11-18/h4-11,13-14,22H,1-3H3/t13-,14+/m0/s1. The van der Waals surface area contributed by atoms with E-state index in [1.165, 1.54) is 38.1 Å². The predicted molar refractivity (Wildman–Crippen MR) is 106 cm³/mol. The molecule has 0 aliphatic rings. The third-order valence-corrected chi connectivity index (χ3v) is 4.37. The third-order valence-electron chi connectivity index (χ3n) is 3.76. The van der Waals surface area contributed by atoms with E-state index >= 15 is 0 Å². The summed E-state index contributed by atoms with van der Waals surface area (Å²) in [6.07, 6.45) is -0.989. The van der Waals surface area contributed by atoms with Gasteiger partial charge in [-0.1, -0.05) is 0 Å². The van der Waals surface area contributed by atoms with Crippen LogP contribution >= 0.6 is 0 Å². The van der Waals surface area contributed by atoms with Crippen molar-refractivity contribution in [1.29, 1.82) is 5.26 Å². The number of sulfonamides is 1. The second-order valence-electron chi connectivity index (χ2n) is 6.29. The zero-order chi connectivity index (χ0) is 21.6. The highest BCUT2D eigenvalue weighted by molar-refractivity contribution is 7.92. The molecule has 0 unspecified atom stereocenters. The monoisotopic (exact) mass is 416 g/mol. The van der Waals surface area contributed by atoms with Gasteiger partial charge < -0.3 is 9.47 Å². The molecule has 0 amide bonds. The predicted octanol–water partition coefficient (Wildman–Crippen LogP) is 2.51. The van der Waals surface area contributed by atoms with Crippen molar-refractivity contribution in [1.82, 2.24) is 0 Å². The highest BCUT2D eigenvalue weighted by Gasteiger charge is 2.24. The van der Waals surface area contributed by atoms with Crippen molar-refractivity contribution in [3.05, 3.63) is 59.7 Å². The number of hydrogen-bond donors (Lipinski definition) is 1. The van der Waals surface area contributed by atoms with Gasteiger partial charge in [0.05, 0.1) is 17.9 Å². The van der Waals surface area contributed by atoms with E-state index in [0.717, 1.165) is 6.26 Å². The van der Waals surface area contributed by atoms with Crippen LogP contribution in [0.15, 0.2) is 48.5 Å². The van der Waals surface area contributed by atoms with E-state index in [0.29, 0.717) is 17.0 Å². The number of anilines is 1. The number of carbonyl (C=O) groups is 2. The van der Waals surface area contributed by atoms with E-state index in [9.17, 15) is 18.0 Å². The van der Waals surface area contributed by atoms with E-state index in [1.807, 2.05) is 6.07 Å². The Morgan fingerprint density at radius 2 is 1.59 bits per heavy atom. The third kappa shape index (κ3) is 6.62. The molecule has 0 saturated carbocycles. The first-order valence-corrected chi connectivity index (χ1v) is 10.5. The number of benzene rings is 2. The van der Waals surface area contributed by atoms with Crippen molar-refractivity contribution in [3.8, 4) is 11.8 Å². The van der Waals surface area contributed by atoms with Crippen LogP contribution in [0.25, 0.3) is 0 Å². The molecular formula is C20H20N2O6S. The smallest absolute Gasteiger partial charge is 0.347 e. The van der Waals surface area contributed by atoms with Crippen molar-refractivity contribution in [3.63, 3.8) is 0 Å². The minimum absolute atomic E-state index is 0.269. The average Bonchev–Trinajstić information content (AvgIpc) is 2.67. The Balaban J connectivity index is 1.95. The van der Waals surface area contributed by atoms with Gasteiger partial charge in [-0.25, -0.2) is 13.2 Å². The number of carbonyl (C=O) groups excluding carboxylic acids is 2. The lowest BCUT2D eigenvalue weighted by Gasteiger charge is -2.17. The average molecular weight is 416 g/mol. The van der Waals surface area contributed by atoms with Crippen LogP contribution in [0.1, 0.15) is 29.8 Å². The zero-order valence-corrected chi connectivity index (χ0v) is 16.9. The van der Waals surface area contributed by atoms with Crippen LogP contribution in [0.5, 0.6) is 5.75 Å². The van der Waals surface area contributed by atoms with Gasteiger partial charge in [-0.2, -0.15) is 5.26 Å². The number of Topliss-reactive ketones (excluding diaryl/α,β-unsaturated/α-hetero) is 1. The fraction of sp³-hybridized carbons (Fsp3) is 0.250. The van der Waals surface area contributed by atoms with Crippen molar-refractivity contribution < 1.29 is 27.5 Å². The maximum absolute atomic E-state index is 12.4. The molecule has 0 aliphatic heterocycles. The molecule has 0 spiro atoms. The Kier molecular flexibility index (Phi) is 6.96. The highest BCUT2D eigenvalue weighted by Crippen LogP contribution is 2.16. The van der Waals surface area contributed by atoms with Gasteiger partial charge >= 0.3 is 5.97 Å². The summed E-state index contributed by atoms with van der Waals surface area (Å²) in [5.74, 6) is -0.762. The van der Waals surface area contributed by atoms with E-state index in [1.54, 1.807) is 24.3 Å². The Hall–Kier alpha value is -3.38. The summed E-state index contributed by atoms with van der Waals surface area (Å²) >= 11 is 0. The fourth-order valence-electron chi connectivity index (χ4n) is 2.34. The van der Waals surface area contributed by atoms with E-state index in [2.05, 4.69) is 4.72 Å². The van der Waals surface area contributed by atoms with Gasteiger partial charge in [0.2, 0.25) is 15.8 Å². The first-order valence-electron chi connectivity index (χ1n) is 8.58. The van der Waals surface area contributed by atoms with Crippen molar-refractivity contribution in [2.24, 2.45) is 0 Å². The number of nitrogens with one attached hydrogen (secondary N) is 1. The number of rotatable bonds is 8. The molecule has 0 aliphatic carbocycles. The minimum Gasteiger partial charge on any atom is -0.479 e. The molecule has 0 heterocycles. The number of hydrogen-bond acceptors (Lipinski definition) is 7. The van der Waals surface area contributed by atoms with Gasteiger partial charge in [0, 0.05) is 11.3 Å². The molecule has 0 radical (unpaired) electrons. The summed E-state index contributed by atoms with van der Waals surface area (Å²) in [6.45, 7) is 2.93. The molecule has 2 rings (SSSR count). The summed E-state index contributed by atoms with van der Waals surface area (Å²) in [7, 11) is -3.42. The summed E-state index contributed by atoms with van der Waals surface area (Å²) in [5, 5.41) is 8.78. The molecule has 0 saturated heterocycles. The van der Waals surface area contributed by atoms with E-state index in [-0.39, 0.29) is 5.56 Å². The molecule has 152 valence electrons. The van der Waals surface area contributed by atoms with Crippen molar-refractivity contribution >= 4 is 27.5 Å². The van der Waals surface area contributed by atoms with Crippen LogP contribution in [0, 0.1) is 11.3 Å². The number of ether oxygens (including phenoxy) is 2. The molecule has 0 bridgehead atoms. The largest absolute Gasteiger partial charge is 0.479 e. The van der Waals surface area contributed by atoms with E-state index in [4.69, 9.17) is 14.7 Å². The summed E-state index contributed by atoms with van der Waals surface area (Å²) in [6, 6.07) is 14.0. The fourth-order valence-corrected chi connectivity index (χ4v) is 2.90. The number of esters is 1. The number of nitrogens with zero attached hydrogens (tertiary/aromatic N) is 1. The lowest BCUT2D eigenvalue weighted by Crippen LogP contribution is -2.32. The Bertz CT molecular complexity index is 1020. The van der Waals surface area contributed by atoms with E-state index < -0.39 is 34.0 Å². The summed E-state index contributed by atoms with van der Waals surface area (Å²) in [5.41, 5.74) is 1.05. The molecule has 29 heavy (non-hydrogen) atoms. The lowest BCUT2D eigenvalue weighted by molar-refractivity contribution is -0.153. The van der Waals surface area contributed by atoms with Crippen LogP contribution < -0.4 is 9.46 Å². The highest BCUT2D eigenvalue weighted by atomic mass is 32.2. The topological polar surface area (TPSA) is 123 Å². The van der Waals surface area contributed by atoms with Gasteiger partial charge in [-0.3, -0.25) is 9.52 Å². The molecule has 0 aromatic heterocycles. The number of nitriles is 1. The van der Waals surface area contributed by atoms with Gasteiger partial charge in [-0.15, -0.1) is 0 Å². The van der Waals surface area contributed by atoms with Gasteiger partial charge in [0.15, 0.2) is 12.2 Å². The molecule has 9 heteroatoms. The normalized spacial score (nSPS) is 12.9. The molecule has 0 fully saturated rings. The zero-order valence-electron chi connectivity index (χ0n) is 16.1. The Labute approximate surface area is 169 Å². The first-order chi connectivity index (χ1) is 13.6. The molecule has 2 aromatic rings. The lowest BCUT2D eigenvalue weighted by atomic mass is 10.1. The van der Waals surface area contributed by atoms with Crippen LogP contribution in [-0.4, -0.2) is 38.6 Å². The van der Waals surface area contributed by atoms with Crippen LogP contribution in [0.3, 0.4) is 0 Å². The van der Waals surface area contributed by atoms with Gasteiger partial charge in [-0.05, 0) is 62.4 Å². The first kappa shape index (κ1) is 21.9. The SMILES string of the molecule is C[C@H](OC(=O)[C@@H](C)Oc1ccc(C#N)cc1)C(=O)c1ccc(NS(C)(=O)=O)cc1. The number of ketones is 1. The van der Waals surface area contributed by atoms with Crippen molar-refractivity contribution in [2.45, 2.75) is 26.1 Å². The molecule has 2 atom stereocenters. The maximum atomic E-state index is 12.4. The van der Waals surface area contributed by atoms with Crippen LogP contribution in [0.4, 0.5) is 5.69 Å². The summed E-state index contributed by atoms with van der Waals surface area (Å²) in [4.78, 5) is 24.6. The molecule has 1 N–H and O–H groups in total. The second-order valence-corrected chi connectivity index (χ2v) is 8.04. The van der Waals surface area contributed by atoms with Crippen LogP contribution in [-0.2, 0) is 19.6 Å². The van der Waals surface area contributed by atoms with Crippen molar-refractivity contribution in [2.75, 3.05) is 11.0 Å². The minimum atomic E-state index is -3.42. The van der Waals surface area contributed by atoms with Gasteiger partial charge in [0.25, 0.3) is 0 Å². The Morgan fingerprint density at radius 1 is 1.00 bits per heavy atom. The second kappa shape index (κ2) is 9.21. The summed E-state index contributed by atoms with van der Waals surface area (Å²) < 4.78 is 35.4. The Morgan fingerprint density at radius 3 is 2.10 bits per heavy atom.